The van der Waals surface area contributed by atoms with Crippen molar-refractivity contribution in [1.82, 2.24) is 5.32 Å². The van der Waals surface area contributed by atoms with Gasteiger partial charge in [-0.05, 0) is 37.8 Å². The number of rotatable bonds is 3. The lowest BCUT2D eigenvalue weighted by Gasteiger charge is -2.34. The van der Waals surface area contributed by atoms with Crippen molar-refractivity contribution in [2.75, 3.05) is 24.6 Å². The highest BCUT2D eigenvalue weighted by Crippen LogP contribution is 2.20. The van der Waals surface area contributed by atoms with Crippen LogP contribution >= 0.6 is 0 Å². The Bertz CT molecular complexity index is 435. The number of carbonyl (C=O) groups is 1. The third kappa shape index (κ3) is 3.12. The van der Waals surface area contributed by atoms with Gasteiger partial charge in [0.15, 0.2) is 0 Å². The fraction of sp³-hybridized carbons (Fsp3) is 0.562. The molecule has 0 aliphatic carbocycles. The fourth-order valence-corrected chi connectivity index (χ4v) is 3.00. The molecule has 0 spiro atoms. The summed E-state index contributed by atoms with van der Waals surface area (Å²) in [5.74, 6) is 0.0839. The molecule has 1 aromatic carbocycles. The van der Waals surface area contributed by atoms with Crippen molar-refractivity contribution in [2.24, 2.45) is 0 Å². The number of benzene rings is 1. The molecule has 3 rings (SSSR count). The van der Waals surface area contributed by atoms with E-state index in [4.69, 9.17) is 4.74 Å². The summed E-state index contributed by atoms with van der Waals surface area (Å²) in [6.45, 7) is 2.73. The van der Waals surface area contributed by atoms with Gasteiger partial charge in [-0.15, -0.1) is 0 Å². The molecular formula is C16H22N2O2. The highest BCUT2D eigenvalue weighted by atomic mass is 16.5. The zero-order chi connectivity index (χ0) is 13.8. The predicted molar refractivity (Wildman–Crippen MR) is 78.8 cm³/mol. The van der Waals surface area contributed by atoms with Gasteiger partial charge in [-0.3, -0.25) is 4.79 Å². The molecule has 1 unspecified atom stereocenters. The third-order valence-electron chi connectivity index (χ3n) is 4.18. The molecule has 1 amide bonds. The summed E-state index contributed by atoms with van der Waals surface area (Å²) in [7, 11) is 0. The van der Waals surface area contributed by atoms with Gasteiger partial charge >= 0.3 is 0 Å². The van der Waals surface area contributed by atoms with Gasteiger partial charge in [-0.25, -0.2) is 0 Å². The smallest absolute Gasteiger partial charge is 0.249 e. The van der Waals surface area contributed by atoms with Crippen LogP contribution < -0.4 is 10.2 Å². The summed E-state index contributed by atoms with van der Waals surface area (Å²) >= 11 is 0. The average Bonchev–Trinajstić information content (AvgIpc) is 3.03. The molecule has 0 bridgehead atoms. The van der Waals surface area contributed by atoms with Crippen LogP contribution in [0, 0.1) is 0 Å². The van der Waals surface area contributed by atoms with E-state index in [-0.39, 0.29) is 12.0 Å². The molecule has 0 radical (unpaired) electrons. The summed E-state index contributed by atoms with van der Waals surface area (Å²) < 4.78 is 5.42. The summed E-state index contributed by atoms with van der Waals surface area (Å²) in [6, 6.07) is 10.8. The van der Waals surface area contributed by atoms with E-state index >= 15 is 0 Å². The minimum atomic E-state index is -0.206. The largest absolute Gasteiger partial charge is 0.371 e. The van der Waals surface area contributed by atoms with Crippen LogP contribution in [0.5, 0.6) is 0 Å². The van der Waals surface area contributed by atoms with Gasteiger partial charge in [-0.1, -0.05) is 18.2 Å². The van der Waals surface area contributed by atoms with E-state index in [0.717, 1.165) is 45.4 Å². The second-order valence-electron chi connectivity index (χ2n) is 5.61. The van der Waals surface area contributed by atoms with Crippen molar-refractivity contribution >= 4 is 11.6 Å². The van der Waals surface area contributed by atoms with Crippen molar-refractivity contribution in [3.05, 3.63) is 30.3 Å². The summed E-state index contributed by atoms with van der Waals surface area (Å²) in [5.41, 5.74) is 1.27. The number of piperidine rings is 1. The monoisotopic (exact) mass is 274 g/mol. The Morgan fingerprint density at radius 1 is 1.15 bits per heavy atom. The second kappa shape index (κ2) is 6.27. The molecule has 1 N–H and O–H groups in total. The first-order valence-corrected chi connectivity index (χ1v) is 7.55. The lowest BCUT2D eigenvalue weighted by atomic mass is 10.0. The molecule has 2 aliphatic heterocycles. The van der Waals surface area contributed by atoms with Gasteiger partial charge in [0.25, 0.3) is 0 Å². The van der Waals surface area contributed by atoms with Crippen molar-refractivity contribution in [1.29, 1.82) is 0 Å². The maximum atomic E-state index is 12.0. The predicted octanol–water partition coefficient (Wildman–Crippen LogP) is 1.95. The Labute approximate surface area is 120 Å². The molecule has 2 saturated heterocycles. The molecule has 0 aromatic heterocycles. The highest BCUT2D eigenvalue weighted by molar-refractivity contribution is 5.81. The van der Waals surface area contributed by atoms with Crippen LogP contribution in [0.3, 0.4) is 0 Å². The molecule has 1 aromatic rings. The van der Waals surface area contributed by atoms with E-state index in [2.05, 4.69) is 34.5 Å². The average molecular weight is 274 g/mol. The number of hydrogen-bond donors (Lipinski definition) is 1. The zero-order valence-corrected chi connectivity index (χ0v) is 11.8. The standard InChI is InChI=1S/C16H22N2O2/c19-16(15-7-4-12-20-15)17-13-8-10-18(11-9-13)14-5-2-1-3-6-14/h1-3,5-6,13,15H,4,7-12H2,(H,17,19). The summed E-state index contributed by atoms with van der Waals surface area (Å²) in [5, 5.41) is 3.14. The lowest BCUT2D eigenvalue weighted by molar-refractivity contribution is -0.130. The summed E-state index contributed by atoms with van der Waals surface area (Å²) in [6.07, 6.45) is 3.68. The van der Waals surface area contributed by atoms with Gasteiger partial charge in [0, 0.05) is 31.4 Å². The van der Waals surface area contributed by atoms with Crippen LogP contribution in [0.25, 0.3) is 0 Å². The number of hydrogen-bond acceptors (Lipinski definition) is 3. The molecule has 4 heteroatoms. The molecule has 2 heterocycles. The molecular weight excluding hydrogens is 252 g/mol. The first-order chi connectivity index (χ1) is 9.83. The minimum Gasteiger partial charge on any atom is -0.371 e. The normalized spacial score (nSPS) is 23.8. The maximum absolute atomic E-state index is 12.0. The molecule has 2 aliphatic rings. The maximum Gasteiger partial charge on any atom is 0.249 e. The number of nitrogens with one attached hydrogen (secondary N) is 1. The quantitative estimate of drug-likeness (QED) is 0.916. The second-order valence-corrected chi connectivity index (χ2v) is 5.61. The highest BCUT2D eigenvalue weighted by Gasteiger charge is 2.27. The lowest BCUT2D eigenvalue weighted by Crippen LogP contribution is -2.47. The number of ether oxygens (including phenoxy) is 1. The molecule has 1 atom stereocenters. The first-order valence-electron chi connectivity index (χ1n) is 7.55. The Kier molecular flexibility index (Phi) is 4.21. The van der Waals surface area contributed by atoms with Crippen molar-refractivity contribution in [3.8, 4) is 0 Å². The van der Waals surface area contributed by atoms with Crippen LogP contribution in [-0.4, -0.2) is 37.7 Å². The van der Waals surface area contributed by atoms with E-state index < -0.39 is 0 Å². The van der Waals surface area contributed by atoms with Crippen LogP contribution in [0.2, 0.25) is 0 Å². The first kappa shape index (κ1) is 13.4. The Balaban J connectivity index is 1.47. The van der Waals surface area contributed by atoms with Crippen molar-refractivity contribution in [3.63, 3.8) is 0 Å². The van der Waals surface area contributed by atoms with Gasteiger partial charge in [0.1, 0.15) is 6.10 Å². The van der Waals surface area contributed by atoms with Crippen molar-refractivity contribution in [2.45, 2.75) is 37.8 Å². The number of para-hydroxylation sites is 1. The van der Waals surface area contributed by atoms with Gasteiger partial charge in [0.05, 0.1) is 0 Å². The number of anilines is 1. The van der Waals surface area contributed by atoms with E-state index in [1.54, 1.807) is 0 Å². The number of amides is 1. The summed E-state index contributed by atoms with van der Waals surface area (Å²) in [4.78, 5) is 14.4. The van der Waals surface area contributed by atoms with E-state index in [9.17, 15) is 4.79 Å². The molecule has 4 nitrogen and oxygen atoms in total. The van der Waals surface area contributed by atoms with E-state index in [1.807, 2.05) is 6.07 Å². The van der Waals surface area contributed by atoms with Gasteiger partial charge in [-0.2, -0.15) is 0 Å². The van der Waals surface area contributed by atoms with E-state index in [0.29, 0.717) is 6.04 Å². The Hall–Kier alpha value is -1.55. The van der Waals surface area contributed by atoms with Crippen LogP contribution in [0.15, 0.2) is 30.3 Å². The van der Waals surface area contributed by atoms with Crippen molar-refractivity contribution < 1.29 is 9.53 Å². The topological polar surface area (TPSA) is 41.6 Å². The molecule has 20 heavy (non-hydrogen) atoms. The number of carbonyl (C=O) groups excluding carboxylic acids is 1. The van der Waals surface area contributed by atoms with Gasteiger partial charge in [0.2, 0.25) is 5.91 Å². The molecule has 2 fully saturated rings. The number of nitrogens with zero attached hydrogens (tertiary/aromatic N) is 1. The van der Waals surface area contributed by atoms with Gasteiger partial charge < -0.3 is 15.0 Å². The SMILES string of the molecule is O=C(NC1CCN(c2ccccc2)CC1)C1CCCO1. The van der Waals surface area contributed by atoms with Crippen LogP contribution in [0.4, 0.5) is 5.69 Å². The van der Waals surface area contributed by atoms with E-state index in [1.165, 1.54) is 5.69 Å². The fourth-order valence-electron chi connectivity index (χ4n) is 3.00. The molecule has 0 saturated carbocycles. The third-order valence-corrected chi connectivity index (χ3v) is 4.18. The molecule has 108 valence electrons. The Morgan fingerprint density at radius 3 is 2.55 bits per heavy atom. The zero-order valence-electron chi connectivity index (χ0n) is 11.8. The minimum absolute atomic E-state index is 0.0839. The van der Waals surface area contributed by atoms with Crippen LogP contribution in [0.1, 0.15) is 25.7 Å². The van der Waals surface area contributed by atoms with Crippen LogP contribution in [-0.2, 0) is 9.53 Å². The Morgan fingerprint density at radius 2 is 1.90 bits per heavy atom.